The van der Waals surface area contributed by atoms with Crippen LogP contribution < -0.4 is 0 Å². The standard InChI is InChI=1S/C10H7F3O2/c11-10(12,13)9(15)5-4-7-2-1-3-8(14)6-7/h1-6,14H. The van der Waals surface area contributed by atoms with E-state index in [0.29, 0.717) is 11.6 Å². The fourth-order valence-corrected chi connectivity index (χ4v) is 0.895. The molecule has 0 aromatic heterocycles. The average molecular weight is 216 g/mol. The van der Waals surface area contributed by atoms with Crippen LogP contribution in [0.1, 0.15) is 5.56 Å². The van der Waals surface area contributed by atoms with Crippen molar-refractivity contribution in [2.75, 3.05) is 0 Å². The lowest BCUT2D eigenvalue weighted by Gasteiger charge is -1.99. The predicted octanol–water partition coefficient (Wildman–Crippen LogP) is 2.54. The van der Waals surface area contributed by atoms with Crippen LogP contribution in [-0.4, -0.2) is 17.1 Å². The van der Waals surface area contributed by atoms with Crippen molar-refractivity contribution in [3.05, 3.63) is 35.9 Å². The van der Waals surface area contributed by atoms with Crippen LogP contribution in [0.5, 0.6) is 5.75 Å². The summed E-state index contributed by atoms with van der Waals surface area (Å²) in [6.07, 6.45) is -3.43. The summed E-state index contributed by atoms with van der Waals surface area (Å²) < 4.78 is 35.3. The van der Waals surface area contributed by atoms with E-state index in [-0.39, 0.29) is 5.75 Å². The first kappa shape index (κ1) is 11.3. The van der Waals surface area contributed by atoms with Crippen molar-refractivity contribution in [2.45, 2.75) is 6.18 Å². The zero-order valence-corrected chi connectivity index (χ0v) is 7.45. The Kier molecular flexibility index (Phi) is 3.14. The van der Waals surface area contributed by atoms with Gasteiger partial charge in [0.15, 0.2) is 0 Å². The summed E-state index contributed by atoms with van der Waals surface area (Å²) in [7, 11) is 0. The zero-order valence-electron chi connectivity index (χ0n) is 7.45. The van der Waals surface area contributed by atoms with Crippen LogP contribution in [0.15, 0.2) is 30.3 Å². The highest BCUT2D eigenvalue weighted by Crippen LogP contribution is 2.18. The maximum Gasteiger partial charge on any atom is 0.454 e. The molecule has 0 saturated heterocycles. The monoisotopic (exact) mass is 216 g/mol. The van der Waals surface area contributed by atoms with Crippen LogP contribution >= 0.6 is 0 Å². The van der Waals surface area contributed by atoms with Crippen molar-refractivity contribution >= 4 is 11.9 Å². The molecule has 15 heavy (non-hydrogen) atoms. The van der Waals surface area contributed by atoms with E-state index in [1.807, 2.05) is 0 Å². The Morgan fingerprint density at radius 3 is 2.53 bits per heavy atom. The lowest BCUT2D eigenvalue weighted by atomic mass is 10.2. The van der Waals surface area contributed by atoms with E-state index in [0.717, 1.165) is 6.08 Å². The molecule has 0 spiro atoms. The third kappa shape index (κ3) is 3.46. The van der Waals surface area contributed by atoms with Gasteiger partial charge in [0.2, 0.25) is 0 Å². The molecule has 1 rings (SSSR count). The fraction of sp³-hybridized carbons (Fsp3) is 0.100. The van der Waals surface area contributed by atoms with Gasteiger partial charge in [0.05, 0.1) is 0 Å². The second kappa shape index (κ2) is 4.16. The first-order chi connectivity index (χ1) is 6.89. The molecule has 0 aliphatic carbocycles. The summed E-state index contributed by atoms with van der Waals surface area (Å²) >= 11 is 0. The van der Waals surface area contributed by atoms with E-state index in [1.54, 1.807) is 0 Å². The molecule has 0 amide bonds. The van der Waals surface area contributed by atoms with Gasteiger partial charge in [0.25, 0.3) is 5.78 Å². The molecule has 5 heteroatoms. The first-order valence-corrected chi connectivity index (χ1v) is 3.98. The van der Waals surface area contributed by atoms with Crippen LogP contribution in [0.3, 0.4) is 0 Å². The molecular formula is C10H7F3O2. The smallest absolute Gasteiger partial charge is 0.454 e. The van der Waals surface area contributed by atoms with Crippen molar-refractivity contribution < 1.29 is 23.1 Å². The number of ketones is 1. The van der Waals surface area contributed by atoms with Gasteiger partial charge in [-0.25, -0.2) is 0 Å². The highest BCUT2D eigenvalue weighted by atomic mass is 19.4. The van der Waals surface area contributed by atoms with Gasteiger partial charge in [-0.3, -0.25) is 4.79 Å². The number of allylic oxidation sites excluding steroid dienone is 1. The van der Waals surface area contributed by atoms with Gasteiger partial charge in [-0.05, 0) is 23.8 Å². The molecule has 0 heterocycles. The summed E-state index contributed by atoms with van der Waals surface area (Å²) in [6, 6.07) is 5.57. The summed E-state index contributed by atoms with van der Waals surface area (Å²) in [4.78, 5) is 10.4. The fourth-order valence-electron chi connectivity index (χ4n) is 0.895. The predicted molar refractivity (Wildman–Crippen MR) is 48.2 cm³/mol. The molecule has 0 aliphatic heterocycles. The lowest BCUT2D eigenvalue weighted by molar-refractivity contribution is -0.165. The van der Waals surface area contributed by atoms with E-state index in [2.05, 4.69) is 0 Å². The number of alkyl halides is 3. The number of carbonyl (C=O) groups excluding carboxylic acids is 1. The molecule has 0 unspecified atom stereocenters. The SMILES string of the molecule is O=C(C=Cc1cccc(O)c1)C(F)(F)F. The second-order valence-corrected chi connectivity index (χ2v) is 2.79. The van der Waals surface area contributed by atoms with Crippen molar-refractivity contribution in [3.8, 4) is 5.75 Å². The van der Waals surface area contributed by atoms with Crippen molar-refractivity contribution in [1.29, 1.82) is 0 Å². The number of hydrogen-bond donors (Lipinski definition) is 1. The average Bonchev–Trinajstić information content (AvgIpc) is 2.12. The van der Waals surface area contributed by atoms with Gasteiger partial charge in [-0.1, -0.05) is 18.2 Å². The van der Waals surface area contributed by atoms with E-state index >= 15 is 0 Å². The molecule has 1 aromatic carbocycles. The van der Waals surface area contributed by atoms with Gasteiger partial charge in [-0.15, -0.1) is 0 Å². The molecule has 80 valence electrons. The Morgan fingerprint density at radius 2 is 2.00 bits per heavy atom. The topological polar surface area (TPSA) is 37.3 Å². The molecular weight excluding hydrogens is 209 g/mol. The molecule has 0 atom stereocenters. The molecule has 0 saturated carbocycles. The summed E-state index contributed by atoms with van der Waals surface area (Å²) in [5, 5.41) is 9.00. The number of phenols is 1. The normalized spacial score (nSPS) is 11.9. The highest BCUT2D eigenvalue weighted by Gasteiger charge is 2.35. The molecule has 1 N–H and O–H groups in total. The number of aromatic hydroxyl groups is 1. The van der Waals surface area contributed by atoms with Crippen LogP contribution in [0.4, 0.5) is 13.2 Å². The number of rotatable bonds is 2. The maximum atomic E-state index is 11.8. The first-order valence-electron chi connectivity index (χ1n) is 3.98. The Labute approximate surface area is 83.7 Å². The van der Waals surface area contributed by atoms with Crippen molar-refractivity contribution in [3.63, 3.8) is 0 Å². The molecule has 1 aromatic rings. The van der Waals surface area contributed by atoms with Crippen LogP contribution in [-0.2, 0) is 4.79 Å². The van der Waals surface area contributed by atoms with Crippen molar-refractivity contribution in [1.82, 2.24) is 0 Å². The third-order valence-electron chi connectivity index (χ3n) is 1.58. The van der Waals surface area contributed by atoms with Crippen LogP contribution in [0.25, 0.3) is 6.08 Å². The summed E-state index contributed by atoms with van der Waals surface area (Å²) in [6.45, 7) is 0. The van der Waals surface area contributed by atoms with E-state index < -0.39 is 12.0 Å². The Bertz CT molecular complexity index is 394. The Hall–Kier alpha value is -1.78. The second-order valence-electron chi connectivity index (χ2n) is 2.79. The third-order valence-corrected chi connectivity index (χ3v) is 1.58. The number of phenolic OH excluding ortho intramolecular Hbond substituents is 1. The summed E-state index contributed by atoms with van der Waals surface area (Å²) in [5.41, 5.74) is 0.326. The van der Waals surface area contributed by atoms with Gasteiger partial charge in [0, 0.05) is 0 Å². The quantitative estimate of drug-likeness (QED) is 0.771. The minimum atomic E-state index is -4.85. The molecule has 0 fully saturated rings. The van der Waals surface area contributed by atoms with Crippen LogP contribution in [0.2, 0.25) is 0 Å². The minimum absolute atomic E-state index is 0.0726. The highest BCUT2D eigenvalue weighted by molar-refractivity contribution is 5.97. The summed E-state index contributed by atoms with van der Waals surface area (Å²) in [5.74, 6) is -2.00. The van der Waals surface area contributed by atoms with E-state index in [4.69, 9.17) is 5.11 Å². The van der Waals surface area contributed by atoms with Crippen molar-refractivity contribution in [2.24, 2.45) is 0 Å². The minimum Gasteiger partial charge on any atom is -0.508 e. The van der Waals surface area contributed by atoms with Gasteiger partial charge in [0.1, 0.15) is 5.75 Å². The van der Waals surface area contributed by atoms with E-state index in [1.165, 1.54) is 24.3 Å². The number of hydrogen-bond acceptors (Lipinski definition) is 2. The molecule has 2 nitrogen and oxygen atoms in total. The van der Waals surface area contributed by atoms with Crippen LogP contribution in [0, 0.1) is 0 Å². The number of carbonyl (C=O) groups is 1. The molecule has 0 bridgehead atoms. The Morgan fingerprint density at radius 1 is 1.33 bits per heavy atom. The molecule has 0 radical (unpaired) electrons. The largest absolute Gasteiger partial charge is 0.508 e. The van der Waals surface area contributed by atoms with E-state index in [9.17, 15) is 18.0 Å². The Balaban J connectivity index is 2.79. The molecule has 0 aliphatic rings. The number of benzene rings is 1. The zero-order chi connectivity index (χ0) is 11.5. The van der Waals surface area contributed by atoms with Gasteiger partial charge in [-0.2, -0.15) is 13.2 Å². The lowest BCUT2D eigenvalue weighted by Crippen LogP contribution is -2.19. The van der Waals surface area contributed by atoms with Gasteiger partial charge >= 0.3 is 6.18 Å². The van der Waals surface area contributed by atoms with Gasteiger partial charge < -0.3 is 5.11 Å². The maximum absolute atomic E-state index is 11.8. The number of halogens is 3.